The van der Waals surface area contributed by atoms with Crippen molar-refractivity contribution in [1.29, 1.82) is 0 Å². The van der Waals surface area contributed by atoms with Crippen molar-refractivity contribution in [2.24, 2.45) is 5.92 Å². The van der Waals surface area contributed by atoms with Crippen molar-refractivity contribution in [3.8, 4) is 5.75 Å². The molecule has 0 radical (unpaired) electrons. The number of amides is 2. The van der Waals surface area contributed by atoms with Crippen LogP contribution in [0.5, 0.6) is 5.75 Å². The summed E-state index contributed by atoms with van der Waals surface area (Å²) in [4.78, 5) is 26.6. The quantitative estimate of drug-likeness (QED) is 0.713. The number of nitrogens with one attached hydrogen (secondary N) is 1. The lowest BCUT2D eigenvalue weighted by atomic mass is 9.97. The van der Waals surface area contributed by atoms with Crippen LogP contribution in [0.4, 0.5) is 5.69 Å². The second-order valence-electron chi connectivity index (χ2n) is 6.79. The Kier molecular flexibility index (Phi) is 7.06. The fourth-order valence-electron chi connectivity index (χ4n) is 3.11. The molecule has 1 fully saturated rings. The molecule has 6 nitrogen and oxygen atoms in total. The van der Waals surface area contributed by atoms with Gasteiger partial charge >= 0.3 is 0 Å². The highest BCUT2D eigenvalue weighted by atomic mass is 79.9. The molecule has 0 unspecified atom stereocenters. The van der Waals surface area contributed by atoms with Gasteiger partial charge in [0.25, 0.3) is 11.8 Å². The molecule has 1 saturated heterocycles. The number of anilines is 1. The van der Waals surface area contributed by atoms with Gasteiger partial charge in [0.1, 0.15) is 5.75 Å². The maximum absolute atomic E-state index is 12.7. The predicted molar refractivity (Wildman–Crippen MR) is 110 cm³/mol. The van der Waals surface area contributed by atoms with Gasteiger partial charge in [-0.3, -0.25) is 9.59 Å². The van der Waals surface area contributed by atoms with Crippen molar-refractivity contribution in [3.05, 3.63) is 58.6 Å². The third kappa shape index (κ3) is 5.56. The highest BCUT2D eigenvalue weighted by molar-refractivity contribution is 9.10. The SMILES string of the molecule is O=C(COc1ccc(Br)cc1)Nc1cccc(C(=O)N2CCC(CO)CC2)c1. The topological polar surface area (TPSA) is 78.9 Å². The molecule has 1 heterocycles. The number of carbonyl (C=O) groups excluding carboxylic acids is 2. The van der Waals surface area contributed by atoms with Crippen molar-refractivity contribution in [3.63, 3.8) is 0 Å². The normalized spacial score (nSPS) is 14.6. The highest BCUT2D eigenvalue weighted by Crippen LogP contribution is 2.20. The van der Waals surface area contributed by atoms with Gasteiger partial charge in [-0.1, -0.05) is 22.0 Å². The van der Waals surface area contributed by atoms with Crippen LogP contribution in [0.2, 0.25) is 0 Å². The Balaban J connectivity index is 1.54. The van der Waals surface area contributed by atoms with E-state index in [1.165, 1.54) is 0 Å². The van der Waals surface area contributed by atoms with E-state index < -0.39 is 0 Å². The summed E-state index contributed by atoms with van der Waals surface area (Å²) in [6, 6.07) is 14.1. The summed E-state index contributed by atoms with van der Waals surface area (Å²) in [5, 5.41) is 12.0. The smallest absolute Gasteiger partial charge is 0.262 e. The fraction of sp³-hybridized carbons (Fsp3) is 0.333. The molecule has 28 heavy (non-hydrogen) atoms. The first-order valence-electron chi connectivity index (χ1n) is 9.23. The Hall–Kier alpha value is -2.38. The third-order valence-electron chi connectivity index (χ3n) is 4.74. The van der Waals surface area contributed by atoms with Gasteiger partial charge in [-0.25, -0.2) is 0 Å². The van der Waals surface area contributed by atoms with E-state index in [0.717, 1.165) is 17.3 Å². The number of likely N-dealkylation sites (tertiary alicyclic amines) is 1. The number of carbonyl (C=O) groups is 2. The Labute approximate surface area is 172 Å². The monoisotopic (exact) mass is 446 g/mol. The fourth-order valence-corrected chi connectivity index (χ4v) is 3.37. The number of aliphatic hydroxyl groups is 1. The zero-order valence-corrected chi connectivity index (χ0v) is 17.0. The number of hydrogen-bond donors (Lipinski definition) is 2. The summed E-state index contributed by atoms with van der Waals surface area (Å²) in [5.41, 5.74) is 1.09. The number of aliphatic hydroxyl groups excluding tert-OH is 1. The molecule has 0 aliphatic carbocycles. The Morgan fingerprint density at radius 3 is 2.54 bits per heavy atom. The summed E-state index contributed by atoms with van der Waals surface area (Å²) >= 11 is 3.35. The molecule has 0 atom stereocenters. The molecule has 2 N–H and O–H groups in total. The maximum Gasteiger partial charge on any atom is 0.262 e. The van der Waals surface area contributed by atoms with E-state index in [2.05, 4.69) is 21.2 Å². The zero-order chi connectivity index (χ0) is 19.9. The zero-order valence-electron chi connectivity index (χ0n) is 15.4. The molecule has 2 aromatic rings. The number of hydrogen-bond acceptors (Lipinski definition) is 4. The number of halogens is 1. The van der Waals surface area contributed by atoms with E-state index >= 15 is 0 Å². The first-order chi connectivity index (χ1) is 13.5. The lowest BCUT2D eigenvalue weighted by molar-refractivity contribution is -0.118. The summed E-state index contributed by atoms with van der Waals surface area (Å²) < 4.78 is 6.40. The van der Waals surface area contributed by atoms with Crippen LogP contribution in [0.1, 0.15) is 23.2 Å². The minimum Gasteiger partial charge on any atom is -0.484 e. The number of ether oxygens (including phenoxy) is 1. The lowest BCUT2D eigenvalue weighted by Crippen LogP contribution is -2.39. The van der Waals surface area contributed by atoms with E-state index in [1.54, 1.807) is 41.3 Å². The van der Waals surface area contributed by atoms with E-state index in [-0.39, 0.29) is 30.9 Å². The molecule has 3 rings (SSSR count). The van der Waals surface area contributed by atoms with Gasteiger partial charge in [0, 0.05) is 35.4 Å². The molecular weight excluding hydrogens is 424 g/mol. The van der Waals surface area contributed by atoms with Crippen molar-refractivity contribution < 1.29 is 19.4 Å². The van der Waals surface area contributed by atoms with Crippen LogP contribution in [-0.4, -0.2) is 48.1 Å². The Morgan fingerprint density at radius 1 is 1.14 bits per heavy atom. The maximum atomic E-state index is 12.7. The molecule has 2 amide bonds. The van der Waals surface area contributed by atoms with Crippen molar-refractivity contribution in [1.82, 2.24) is 4.90 Å². The van der Waals surface area contributed by atoms with E-state index in [0.29, 0.717) is 30.1 Å². The van der Waals surface area contributed by atoms with Crippen LogP contribution in [0.15, 0.2) is 53.0 Å². The van der Waals surface area contributed by atoms with Crippen LogP contribution >= 0.6 is 15.9 Å². The van der Waals surface area contributed by atoms with Crippen molar-refractivity contribution in [2.75, 3.05) is 31.6 Å². The Bertz CT molecular complexity index is 817. The third-order valence-corrected chi connectivity index (χ3v) is 5.27. The molecule has 1 aliphatic rings. The van der Waals surface area contributed by atoms with Gasteiger partial charge in [-0.2, -0.15) is 0 Å². The molecule has 0 bridgehead atoms. The molecule has 1 aliphatic heterocycles. The first-order valence-corrected chi connectivity index (χ1v) is 10.0. The predicted octanol–water partition coefficient (Wildman–Crippen LogP) is 3.31. The number of nitrogens with zero attached hydrogens (tertiary/aromatic N) is 1. The minimum absolute atomic E-state index is 0.0569. The molecule has 148 valence electrons. The van der Waals surface area contributed by atoms with Gasteiger partial charge in [-0.15, -0.1) is 0 Å². The van der Waals surface area contributed by atoms with Crippen LogP contribution in [0, 0.1) is 5.92 Å². The summed E-state index contributed by atoms with van der Waals surface area (Å²) in [6.45, 7) is 1.34. The van der Waals surface area contributed by atoms with Gasteiger partial charge < -0.3 is 20.1 Å². The molecule has 0 spiro atoms. The van der Waals surface area contributed by atoms with Crippen LogP contribution in [0.3, 0.4) is 0 Å². The highest BCUT2D eigenvalue weighted by Gasteiger charge is 2.23. The average molecular weight is 447 g/mol. The largest absolute Gasteiger partial charge is 0.484 e. The minimum atomic E-state index is -0.295. The summed E-state index contributed by atoms with van der Waals surface area (Å²) in [6.07, 6.45) is 1.62. The van der Waals surface area contributed by atoms with E-state index in [4.69, 9.17) is 4.74 Å². The average Bonchev–Trinajstić information content (AvgIpc) is 2.73. The van der Waals surface area contributed by atoms with E-state index in [1.807, 2.05) is 12.1 Å². The Morgan fingerprint density at radius 2 is 1.86 bits per heavy atom. The second kappa shape index (κ2) is 9.71. The van der Waals surface area contributed by atoms with Gasteiger partial charge in [0.05, 0.1) is 0 Å². The summed E-state index contributed by atoms with van der Waals surface area (Å²) in [5.74, 6) is 0.531. The number of rotatable bonds is 6. The standard InChI is InChI=1S/C21H23BrN2O4/c22-17-4-6-19(7-5-17)28-14-20(26)23-18-3-1-2-16(12-18)21(27)24-10-8-15(13-25)9-11-24/h1-7,12,15,25H,8-11,13-14H2,(H,23,26). The molecular formula is C21H23BrN2O4. The van der Waals surface area contributed by atoms with E-state index in [9.17, 15) is 14.7 Å². The van der Waals surface area contributed by atoms with Crippen LogP contribution < -0.4 is 10.1 Å². The molecule has 0 saturated carbocycles. The summed E-state index contributed by atoms with van der Waals surface area (Å²) in [7, 11) is 0. The second-order valence-corrected chi connectivity index (χ2v) is 7.71. The van der Waals surface area contributed by atoms with Crippen molar-refractivity contribution in [2.45, 2.75) is 12.8 Å². The lowest BCUT2D eigenvalue weighted by Gasteiger charge is -2.31. The molecule has 0 aromatic heterocycles. The first kappa shape index (κ1) is 20.4. The van der Waals surface area contributed by atoms with Crippen molar-refractivity contribution >= 4 is 33.4 Å². The van der Waals surface area contributed by atoms with Gasteiger partial charge in [-0.05, 0) is 61.2 Å². The molecule has 7 heteroatoms. The van der Waals surface area contributed by atoms with Gasteiger partial charge in [0.2, 0.25) is 0 Å². The van der Waals surface area contributed by atoms with Gasteiger partial charge in [0.15, 0.2) is 6.61 Å². The number of piperidine rings is 1. The van der Waals surface area contributed by atoms with Crippen LogP contribution in [0.25, 0.3) is 0 Å². The van der Waals surface area contributed by atoms with Crippen LogP contribution in [-0.2, 0) is 4.79 Å². The molecule has 2 aromatic carbocycles. The number of benzene rings is 2.